The molecule has 4 nitrogen and oxygen atoms in total. The average molecular weight is 562 g/mol. The Labute approximate surface area is 240 Å². The van der Waals surface area contributed by atoms with Crippen molar-refractivity contribution in [2.24, 2.45) is 5.92 Å². The zero-order valence-corrected chi connectivity index (χ0v) is 23.9. The second-order valence-electron chi connectivity index (χ2n) is 10.2. The molecule has 0 heterocycles. The van der Waals surface area contributed by atoms with Gasteiger partial charge in [0, 0.05) is 41.5 Å². The Morgan fingerprint density at radius 2 is 1.46 bits per heavy atom. The van der Waals surface area contributed by atoms with Gasteiger partial charge in [0.15, 0.2) is 0 Å². The minimum atomic E-state index is -0.724. The van der Waals surface area contributed by atoms with Crippen LogP contribution in [0.2, 0.25) is 10.0 Å². The van der Waals surface area contributed by atoms with E-state index in [9.17, 15) is 9.59 Å². The van der Waals surface area contributed by atoms with Crippen LogP contribution in [0.4, 0.5) is 0 Å². The largest absolute Gasteiger partial charge is 0.354 e. The van der Waals surface area contributed by atoms with Crippen LogP contribution >= 0.6 is 23.2 Å². The van der Waals surface area contributed by atoms with Crippen LogP contribution in [-0.4, -0.2) is 29.3 Å². The second-order valence-corrected chi connectivity index (χ2v) is 11.0. The maximum absolute atomic E-state index is 14.0. The fourth-order valence-electron chi connectivity index (χ4n) is 4.73. The molecule has 0 aliphatic heterocycles. The van der Waals surface area contributed by atoms with Crippen LogP contribution in [0, 0.1) is 5.92 Å². The number of nitrogens with zero attached hydrogens (tertiary/aromatic N) is 1. The molecule has 1 atom stereocenters. The molecule has 0 spiro atoms. The first-order valence-corrected chi connectivity index (χ1v) is 14.1. The van der Waals surface area contributed by atoms with Gasteiger partial charge in [-0.1, -0.05) is 116 Å². The van der Waals surface area contributed by atoms with Gasteiger partial charge in [-0.15, -0.1) is 0 Å². The summed E-state index contributed by atoms with van der Waals surface area (Å²) in [7, 11) is 0. The first-order chi connectivity index (χ1) is 18.8. The molecule has 0 aliphatic carbocycles. The van der Waals surface area contributed by atoms with Crippen molar-refractivity contribution in [3.63, 3.8) is 0 Å². The number of halogens is 2. The standard InChI is InChI=1S/C33H34Cl2N2O2/c1-23(2)21-36-33(39)31(20-24-10-4-3-5-11-24)37(22-28-29(34)16-9-17-30(28)35)32(38)19-18-26-14-8-13-25-12-6-7-15-27(25)26/h3-17,23,31H,18-22H2,1-2H3,(H,36,39). The van der Waals surface area contributed by atoms with E-state index in [-0.39, 0.29) is 30.7 Å². The summed E-state index contributed by atoms with van der Waals surface area (Å²) in [6, 6.07) is 28.6. The first kappa shape index (κ1) is 28.7. The molecule has 2 amide bonds. The van der Waals surface area contributed by atoms with E-state index in [4.69, 9.17) is 23.2 Å². The Morgan fingerprint density at radius 3 is 2.18 bits per heavy atom. The van der Waals surface area contributed by atoms with Crippen LogP contribution < -0.4 is 5.32 Å². The number of carbonyl (C=O) groups is 2. The van der Waals surface area contributed by atoms with Crippen molar-refractivity contribution in [3.8, 4) is 0 Å². The Kier molecular flexibility index (Phi) is 10.0. The van der Waals surface area contributed by atoms with Crippen LogP contribution in [0.15, 0.2) is 91.0 Å². The molecule has 1 N–H and O–H groups in total. The lowest BCUT2D eigenvalue weighted by Gasteiger charge is -2.32. The molecule has 0 saturated heterocycles. The monoisotopic (exact) mass is 560 g/mol. The van der Waals surface area contributed by atoms with Crippen molar-refractivity contribution >= 4 is 45.8 Å². The molecule has 0 aromatic heterocycles. The van der Waals surface area contributed by atoms with Crippen LogP contribution in [0.3, 0.4) is 0 Å². The van der Waals surface area contributed by atoms with Crippen molar-refractivity contribution in [2.45, 2.75) is 45.7 Å². The fourth-order valence-corrected chi connectivity index (χ4v) is 5.24. The number of benzene rings is 4. The number of hydrogen-bond donors (Lipinski definition) is 1. The highest BCUT2D eigenvalue weighted by molar-refractivity contribution is 6.36. The molecule has 0 aliphatic rings. The highest BCUT2D eigenvalue weighted by atomic mass is 35.5. The van der Waals surface area contributed by atoms with Crippen molar-refractivity contribution < 1.29 is 9.59 Å². The number of fused-ring (bicyclic) bond motifs is 1. The lowest BCUT2D eigenvalue weighted by atomic mass is 9.99. The Balaban J connectivity index is 1.67. The molecule has 4 rings (SSSR count). The maximum Gasteiger partial charge on any atom is 0.243 e. The number of carbonyl (C=O) groups excluding carboxylic acids is 2. The van der Waals surface area contributed by atoms with Crippen LogP contribution in [-0.2, 0) is 29.0 Å². The predicted molar refractivity (Wildman–Crippen MR) is 161 cm³/mol. The van der Waals surface area contributed by atoms with E-state index < -0.39 is 6.04 Å². The summed E-state index contributed by atoms with van der Waals surface area (Å²) in [6.07, 6.45) is 1.18. The van der Waals surface area contributed by atoms with E-state index in [1.54, 1.807) is 23.1 Å². The van der Waals surface area contributed by atoms with Crippen molar-refractivity contribution in [3.05, 3.63) is 118 Å². The first-order valence-electron chi connectivity index (χ1n) is 13.3. The van der Waals surface area contributed by atoms with Gasteiger partial charge in [0.2, 0.25) is 11.8 Å². The SMILES string of the molecule is CC(C)CNC(=O)C(Cc1ccccc1)N(Cc1c(Cl)cccc1Cl)C(=O)CCc1cccc2ccccc12. The predicted octanol–water partition coefficient (Wildman–Crippen LogP) is 7.49. The van der Waals surface area contributed by atoms with Gasteiger partial charge in [0.25, 0.3) is 0 Å². The van der Waals surface area contributed by atoms with Gasteiger partial charge in [-0.25, -0.2) is 0 Å². The summed E-state index contributed by atoms with van der Waals surface area (Å²) < 4.78 is 0. The number of amides is 2. The summed E-state index contributed by atoms with van der Waals surface area (Å²) in [4.78, 5) is 29.3. The van der Waals surface area contributed by atoms with E-state index in [0.29, 0.717) is 35.0 Å². The third-order valence-electron chi connectivity index (χ3n) is 6.83. The molecule has 0 saturated carbocycles. The quantitative estimate of drug-likeness (QED) is 0.206. The number of hydrogen-bond acceptors (Lipinski definition) is 2. The van der Waals surface area contributed by atoms with Gasteiger partial charge in [0.1, 0.15) is 6.04 Å². The number of aryl methyl sites for hydroxylation is 1. The minimum absolute atomic E-state index is 0.125. The van der Waals surface area contributed by atoms with Crippen LogP contribution in [0.5, 0.6) is 0 Å². The van der Waals surface area contributed by atoms with E-state index >= 15 is 0 Å². The second kappa shape index (κ2) is 13.6. The smallest absolute Gasteiger partial charge is 0.243 e. The van der Waals surface area contributed by atoms with Crippen LogP contribution in [0.25, 0.3) is 10.8 Å². The molecule has 0 fully saturated rings. The lowest BCUT2D eigenvalue weighted by molar-refractivity contribution is -0.141. The number of nitrogens with one attached hydrogen (secondary N) is 1. The Morgan fingerprint density at radius 1 is 0.821 bits per heavy atom. The van der Waals surface area contributed by atoms with Gasteiger partial charge in [-0.05, 0) is 46.4 Å². The normalized spacial score (nSPS) is 11.9. The van der Waals surface area contributed by atoms with E-state index in [1.165, 1.54) is 0 Å². The molecule has 4 aromatic rings. The van der Waals surface area contributed by atoms with E-state index in [2.05, 4.69) is 29.6 Å². The topological polar surface area (TPSA) is 49.4 Å². The van der Waals surface area contributed by atoms with Crippen molar-refractivity contribution in [1.82, 2.24) is 10.2 Å². The van der Waals surface area contributed by atoms with Crippen molar-refractivity contribution in [1.29, 1.82) is 0 Å². The fraction of sp³-hybridized carbons (Fsp3) is 0.273. The highest BCUT2D eigenvalue weighted by Crippen LogP contribution is 2.28. The van der Waals surface area contributed by atoms with Gasteiger partial charge in [-0.2, -0.15) is 0 Å². The zero-order chi connectivity index (χ0) is 27.8. The lowest BCUT2D eigenvalue weighted by Crippen LogP contribution is -2.51. The third-order valence-corrected chi connectivity index (χ3v) is 7.54. The van der Waals surface area contributed by atoms with Crippen LogP contribution in [0.1, 0.15) is 37.0 Å². The number of rotatable bonds is 11. The summed E-state index contributed by atoms with van der Waals surface area (Å²) in [5, 5.41) is 6.25. The molecule has 1 unspecified atom stereocenters. The summed E-state index contributed by atoms with van der Waals surface area (Å²) in [5.74, 6) is -0.0337. The van der Waals surface area contributed by atoms with Gasteiger partial charge < -0.3 is 10.2 Å². The van der Waals surface area contributed by atoms with E-state index in [0.717, 1.165) is 21.9 Å². The maximum atomic E-state index is 14.0. The van der Waals surface area contributed by atoms with Crippen molar-refractivity contribution in [2.75, 3.05) is 6.54 Å². The molecular weight excluding hydrogens is 527 g/mol. The Bertz CT molecular complexity index is 1400. The third kappa shape index (κ3) is 7.62. The summed E-state index contributed by atoms with van der Waals surface area (Å²) in [6.45, 7) is 4.75. The summed E-state index contributed by atoms with van der Waals surface area (Å²) in [5.41, 5.74) is 2.70. The minimum Gasteiger partial charge on any atom is -0.354 e. The molecule has 0 bridgehead atoms. The molecule has 39 heavy (non-hydrogen) atoms. The highest BCUT2D eigenvalue weighted by Gasteiger charge is 2.31. The molecule has 202 valence electrons. The molecule has 0 radical (unpaired) electrons. The van der Waals surface area contributed by atoms with E-state index in [1.807, 2.05) is 62.4 Å². The molecule has 4 aromatic carbocycles. The van der Waals surface area contributed by atoms with Gasteiger partial charge in [0.05, 0.1) is 0 Å². The molecular formula is C33H34Cl2N2O2. The molecule has 6 heteroatoms. The van der Waals surface area contributed by atoms with Gasteiger partial charge >= 0.3 is 0 Å². The van der Waals surface area contributed by atoms with Gasteiger partial charge in [-0.3, -0.25) is 9.59 Å². The average Bonchev–Trinajstić information content (AvgIpc) is 2.94. The Hall–Kier alpha value is -3.34. The zero-order valence-electron chi connectivity index (χ0n) is 22.4. The summed E-state index contributed by atoms with van der Waals surface area (Å²) >= 11 is 13.1.